The molecule has 0 bridgehead atoms. The molecule has 0 unspecified atom stereocenters. The van der Waals surface area contributed by atoms with Gasteiger partial charge in [0, 0.05) is 19.1 Å². The number of aryl methyl sites for hydroxylation is 2. The second-order valence-corrected chi connectivity index (χ2v) is 6.56. The Kier molecular flexibility index (Phi) is 7.37. The molecule has 2 amide bonds. The first-order valence-electron chi connectivity index (χ1n) is 8.46. The minimum Gasteiger partial charge on any atom is -0.484 e. The highest BCUT2D eigenvalue weighted by molar-refractivity contribution is 6.18. The molecule has 7 heteroatoms. The third kappa shape index (κ3) is 6.12. The van der Waals surface area contributed by atoms with Gasteiger partial charge in [0.25, 0.3) is 5.91 Å². The van der Waals surface area contributed by atoms with E-state index in [0.717, 1.165) is 16.9 Å². The summed E-state index contributed by atoms with van der Waals surface area (Å²) in [7, 11) is 0. The summed E-state index contributed by atoms with van der Waals surface area (Å²) < 4.78 is 10.5. The van der Waals surface area contributed by atoms with Gasteiger partial charge < -0.3 is 19.7 Å². The van der Waals surface area contributed by atoms with Crippen LogP contribution in [0.5, 0.6) is 5.75 Å². The van der Waals surface area contributed by atoms with E-state index in [0.29, 0.717) is 25.9 Å². The molecule has 25 heavy (non-hydrogen) atoms. The van der Waals surface area contributed by atoms with Crippen molar-refractivity contribution >= 4 is 23.6 Å². The van der Waals surface area contributed by atoms with Crippen LogP contribution in [0.1, 0.15) is 24.0 Å². The SMILES string of the molecule is Cc1ccc(OCC(=O)N2CCC(NC(=O)OCCCl)CC2)c(C)c1. The molecule has 0 aromatic heterocycles. The summed E-state index contributed by atoms with van der Waals surface area (Å²) in [6.07, 6.45) is 0.944. The number of carbonyl (C=O) groups is 2. The van der Waals surface area contributed by atoms with Gasteiger partial charge in [0.15, 0.2) is 6.61 Å². The average molecular weight is 369 g/mol. The molecule has 0 aliphatic carbocycles. The van der Waals surface area contributed by atoms with Crippen molar-refractivity contribution in [3.05, 3.63) is 29.3 Å². The monoisotopic (exact) mass is 368 g/mol. The lowest BCUT2D eigenvalue weighted by atomic mass is 10.1. The highest BCUT2D eigenvalue weighted by Crippen LogP contribution is 2.19. The smallest absolute Gasteiger partial charge is 0.407 e. The number of nitrogens with zero attached hydrogens (tertiary/aromatic N) is 1. The predicted molar refractivity (Wildman–Crippen MR) is 96.2 cm³/mol. The summed E-state index contributed by atoms with van der Waals surface area (Å²) >= 11 is 5.47. The van der Waals surface area contributed by atoms with Crippen LogP contribution >= 0.6 is 11.6 Å². The van der Waals surface area contributed by atoms with E-state index in [4.69, 9.17) is 21.1 Å². The van der Waals surface area contributed by atoms with Gasteiger partial charge in [0.2, 0.25) is 0 Å². The molecule has 1 aromatic carbocycles. The van der Waals surface area contributed by atoms with Crippen molar-refractivity contribution < 1.29 is 19.1 Å². The number of alkyl halides is 1. The molecule has 0 saturated carbocycles. The van der Waals surface area contributed by atoms with Crippen molar-refractivity contribution in [3.8, 4) is 5.75 Å². The third-order valence-corrected chi connectivity index (χ3v) is 4.32. The van der Waals surface area contributed by atoms with Gasteiger partial charge in [-0.15, -0.1) is 11.6 Å². The lowest BCUT2D eigenvalue weighted by Gasteiger charge is -2.32. The van der Waals surface area contributed by atoms with E-state index in [2.05, 4.69) is 5.32 Å². The molecule has 138 valence electrons. The van der Waals surface area contributed by atoms with Crippen molar-refractivity contribution in [1.82, 2.24) is 10.2 Å². The first-order valence-corrected chi connectivity index (χ1v) is 9.00. The van der Waals surface area contributed by atoms with Crippen molar-refractivity contribution in [2.75, 3.05) is 32.2 Å². The zero-order valence-electron chi connectivity index (χ0n) is 14.7. The van der Waals surface area contributed by atoms with Crippen LogP contribution < -0.4 is 10.1 Å². The first kappa shape index (κ1) is 19.4. The summed E-state index contributed by atoms with van der Waals surface area (Å²) in [4.78, 5) is 25.6. The molecule has 1 saturated heterocycles. The van der Waals surface area contributed by atoms with Gasteiger partial charge in [-0.05, 0) is 38.3 Å². The van der Waals surface area contributed by atoms with Gasteiger partial charge in [-0.3, -0.25) is 4.79 Å². The molecule has 6 nitrogen and oxygen atoms in total. The highest BCUT2D eigenvalue weighted by atomic mass is 35.5. The molecule has 1 N–H and O–H groups in total. The number of piperidine rings is 1. The quantitative estimate of drug-likeness (QED) is 0.784. The number of halogens is 1. The molecule has 1 heterocycles. The zero-order chi connectivity index (χ0) is 18.2. The van der Waals surface area contributed by atoms with E-state index in [1.807, 2.05) is 32.0 Å². The standard InChI is InChI=1S/C18H25ClN2O4/c1-13-3-4-16(14(2)11-13)25-12-17(22)21-8-5-15(6-9-21)20-18(23)24-10-7-19/h3-4,11,15H,5-10,12H2,1-2H3,(H,20,23). The Bertz CT molecular complexity index is 601. The van der Waals surface area contributed by atoms with Gasteiger partial charge in [-0.2, -0.15) is 0 Å². The Morgan fingerprint density at radius 2 is 2.00 bits per heavy atom. The van der Waals surface area contributed by atoms with Gasteiger partial charge in [-0.25, -0.2) is 4.79 Å². The predicted octanol–water partition coefficient (Wildman–Crippen LogP) is 2.64. The van der Waals surface area contributed by atoms with Crippen LogP contribution in [0.3, 0.4) is 0 Å². The molecule has 1 aliphatic rings. The Hall–Kier alpha value is -1.95. The summed E-state index contributed by atoms with van der Waals surface area (Å²) in [6, 6.07) is 5.90. The maximum absolute atomic E-state index is 12.3. The van der Waals surface area contributed by atoms with Crippen LogP contribution in [-0.4, -0.2) is 55.1 Å². The fourth-order valence-electron chi connectivity index (χ4n) is 2.80. The van der Waals surface area contributed by atoms with Crippen LogP contribution in [-0.2, 0) is 9.53 Å². The maximum Gasteiger partial charge on any atom is 0.407 e. The van der Waals surface area contributed by atoms with Crippen molar-refractivity contribution in [2.24, 2.45) is 0 Å². The topological polar surface area (TPSA) is 67.9 Å². The van der Waals surface area contributed by atoms with Crippen LogP contribution in [0, 0.1) is 13.8 Å². The van der Waals surface area contributed by atoms with Gasteiger partial charge >= 0.3 is 6.09 Å². The van der Waals surface area contributed by atoms with Crippen molar-refractivity contribution in [1.29, 1.82) is 0 Å². The number of hydrogen-bond donors (Lipinski definition) is 1. The van der Waals surface area contributed by atoms with E-state index in [-0.39, 0.29) is 31.0 Å². The first-order chi connectivity index (χ1) is 12.0. The second kappa shape index (κ2) is 9.51. The van der Waals surface area contributed by atoms with E-state index in [1.165, 1.54) is 0 Å². The lowest BCUT2D eigenvalue weighted by molar-refractivity contribution is -0.134. The Morgan fingerprint density at radius 1 is 1.28 bits per heavy atom. The molecule has 0 spiro atoms. The fourth-order valence-corrected chi connectivity index (χ4v) is 2.88. The van der Waals surface area contributed by atoms with E-state index in [9.17, 15) is 9.59 Å². The number of rotatable bonds is 6. The largest absolute Gasteiger partial charge is 0.484 e. The molecule has 0 atom stereocenters. The number of ether oxygens (including phenoxy) is 2. The molecule has 0 radical (unpaired) electrons. The number of hydrogen-bond acceptors (Lipinski definition) is 4. The van der Waals surface area contributed by atoms with Crippen LogP contribution in [0.2, 0.25) is 0 Å². The summed E-state index contributed by atoms with van der Waals surface area (Å²) in [5.41, 5.74) is 2.18. The number of amides is 2. The van der Waals surface area contributed by atoms with Gasteiger partial charge in [-0.1, -0.05) is 17.7 Å². The van der Waals surface area contributed by atoms with E-state index >= 15 is 0 Å². The van der Waals surface area contributed by atoms with Crippen LogP contribution in [0.15, 0.2) is 18.2 Å². The molecule has 2 rings (SSSR count). The third-order valence-electron chi connectivity index (χ3n) is 4.16. The highest BCUT2D eigenvalue weighted by Gasteiger charge is 2.24. The molecule has 1 fully saturated rings. The van der Waals surface area contributed by atoms with Gasteiger partial charge in [0.1, 0.15) is 12.4 Å². The van der Waals surface area contributed by atoms with Gasteiger partial charge in [0.05, 0.1) is 5.88 Å². The van der Waals surface area contributed by atoms with Crippen molar-refractivity contribution in [3.63, 3.8) is 0 Å². The molecular formula is C18H25ClN2O4. The molecule has 1 aromatic rings. The number of likely N-dealkylation sites (tertiary alicyclic amines) is 1. The van der Waals surface area contributed by atoms with E-state index in [1.54, 1.807) is 4.90 Å². The minimum absolute atomic E-state index is 0.0205. The molecular weight excluding hydrogens is 344 g/mol. The summed E-state index contributed by atoms with van der Waals surface area (Å²) in [6.45, 7) is 5.39. The summed E-state index contributed by atoms with van der Waals surface area (Å²) in [5, 5.41) is 2.79. The van der Waals surface area contributed by atoms with Crippen molar-refractivity contribution in [2.45, 2.75) is 32.7 Å². The Morgan fingerprint density at radius 3 is 2.64 bits per heavy atom. The number of nitrogens with one attached hydrogen (secondary N) is 1. The molecule has 1 aliphatic heterocycles. The maximum atomic E-state index is 12.3. The number of carbonyl (C=O) groups excluding carboxylic acids is 2. The summed E-state index contributed by atoms with van der Waals surface area (Å²) in [5.74, 6) is 0.974. The second-order valence-electron chi connectivity index (χ2n) is 6.18. The Labute approximate surface area is 153 Å². The number of alkyl carbamates (subject to hydrolysis) is 1. The van der Waals surface area contributed by atoms with Crippen LogP contribution in [0.25, 0.3) is 0 Å². The average Bonchev–Trinajstić information content (AvgIpc) is 2.59. The lowest BCUT2D eigenvalue weighted by Crippen LogP contribution is -2.47. The normalized spacial score (nSPS) is 14.9. The van der Waals surface area contributed by atoms with E-state index < -0.39 is 6.09 Å². The minimum atomic E-state index is -0.455. The van der Waals surface area contributed by atoms with Crippen LogP contribution in [0.4, 0.5) is 4.79 Å². The fraction of sp³-hybridized carbons (Fsp3) is 0.556. The Balaban J connectivity index is 1.73. The zero-order valence-corrected chi connectivity index (χ0v) is 15.5. The number of benzene rings is 1.